The van der Waals surface area contributed by atoms with Crippen LogP contribution in [0.5, 0.6) is 0 Å². The monoisotopic (exact) mass is 273 g/mol. The number of hydrogen-bond donors (Lipinski definition) is 2. The highest BCUT2D eigenvalue weighted by atomic mass is 32.1. The number of aromatic amines is 1. The Labute approximate surface area is 115 Å². The minimum absolute atomic E-state index is 0.805. The van der Waals surface area contributed by atoms with E-state index in [-0.39, 0.29) is 0 Å². The fourth-order valence-electron chi connectivity index (χ4n) is 2.00. The molecule has 0 amide bonds. The number of thiophene rings is 1. The van der Waals surface area contributed by atoms with Crippen molar-refractivity contribution in [2.24, 2.45) is 0 Å². The van der Waals surface area contributed by atoms with Gasteiger partial charge in [0.15, 0.2) is 0 Å². The normalized spacial score (nSPS) is 11.0. The molecular weight excluding hydrogens is 258 g/mol. The first kappa shape index (κ1) is 12.1. The Balaban J connectivity index is 1.63. The maximum absolute atomic E-state index is 4.47. The summed E-state index contributed by atoms with van der Waals surface area (Å²) < 4.78 is 1.13. The minimum Gasteiger partial charge on any atom is -0.369 e. The van der Waals surface area contributed by atoms with Crippen LogP contribution in [0.25, 0.3) is 10.2 Å². The number of rotatable bonds is 5. The van der Waals surface area contributed by atoms with Crippen LogP contribution in [0.1, 0.15) is 18.1 Å². The maximum atomic E-state index is 4.47. The van der Waals surface area contributed by atoms with Crippen molar-refractivity contribution in [2.75, 3.05) is 11.9 Å². The number of aryl methyl sites for hydroxylation is 2. The highest BCUT2D eigenvalue weighted by Crippen LogP contribution is 2.25. The molecule has 0 bridgehead atoms. The molecule has 0 atom stereocenters. The summed E-state index contributed by atoms with van der Waals surface area (Å²) in [5.74, 6) is 2.78. The second-order valence-electron chi connectivity index (χ2n) is 4.32. The van der Waals surface area contributed by atoms with Gasteiger partial charge in [-0.1, -0.05) is 0 Å². The van der Waals surface area contributed by atoms with Crippen LogP contribution in [0.2, 0.25) is 0 Å². The first-order valence-corrected chi connectivity index (χ1v) is 7.15. The van der Waals surface area contributed by atoms with Crippen LogP contribution in [0, 0.1) is 6.92 Å². The molecule has 0 unspecified atom stereocenters. The standard InChI is InChI=1S/C13H15N5S/c1-9-17-10-4-8-19-12(10)13(18-9)16-5-2-3-11-14-6-7-15-11/h4,6-8H,2-3,5H2,1H3,(H,14,15)(H,16,17,18). The lowest BCUT2D eigenvalue weighted by molar-refractivity contribution is 0.814. The predicted octanol–water partition coefficient (Wildman–Crippen LogP) is 2.77. The number of aromatic nitrogens is 4. The number of nitrogens with zero attached hydrogens (tertiary/aromatic N) is 3. The van der Waals surface area contributed by atoms with Gasteiger partial charge in [-0.2, -0.15) is 0 Å². The highest BCUT2D eigenvalue weighted by molar-refractivity contribution is 7.17. The number of fused-ring (bicyclic) bond motifs is 1. The van der Waals surface area contributed by atoms with Crippen LogP contribution >= 0.6 is 11.3 Å². The van der Waals surface area contributed by atoms with E-state index >= 15 is 0 Å². The average Bonchev–Trinajstić information content (AvgIpc) is 3.04. The van der Waals surface area contributed by atoms with Gasteiger partial charge < -0.3 is 10.3 Å². The molecule has 3 rings (SSSR count). The number of hydrogen-bond acceptors (Lipinski definition) is 5. The van der Waals surface area contributed by atoms with Crippen molar-refractivity contribution in [3.8, 4) is 0 Å². The van der Waals surface area contributed by atoms with Gasteiger partial charge in [0.2, 0.25) is 0 Å². The summed E-state index contributed by atoms with van der Waals surface area (Å²) in [6.07, 6.45) is 5.60. The van der Waals surface area contributed by atoms with E-state index in [9.17, 15) is 0 Å². The van der Waals surface area contributed by atoms with Crippen molar-refractivity contribution in [3.63, 3.8) is 0 Å². The maximum Gasteiger partial charge on any atom is 0.147 e. The molecule has 3 heterocycles. The molecule has 6 heteroatoms. The summed E-state index contributed by atoms with van der Waals surface area (Å²) in [5.41, 5.74) is 1.02. The van der Waals surface area contributed by atoms with Crippen molar-refractivity contribution in [1.29, 1.82) is 0 Å². The number of H-pyrrole nitrogens is 1. The van der Waals surface area contributed by atoms with Gasteiger partial charge in [-0.25, -0.2) is 15.0 Å². The number of nitrogens with one attached hydrogen (secondary N) is 2. The van der Waals surface area contributed by atoms with E-state index < -0.39 is 0 Å². The third kappa shape index (κ3) is 2.73. The molecule has 0 saturated heterocycles. The van der Waals surface area contributed by atoms with Crippen molar-refractivity contribution in [1.82, 2.24) is 19.9 Å². The van der Waals surface area contributed by atoms with E-state index in [2.05, 4.69) is 25.3 Å². The van der Waals surface area contributed by atoms with Crippen LogP contribution in [0.4, 0.5) is 5.82 Å². The SMILES string of the molecule is Cc1nc(NCCCc2ncc[nH]2)c2sccc2n1. The summed E-state index contributed by atoms with van der Waals surface area (Å²) in [6, 6.07) is 2.03. The van der Waals surface area contributed by atoms with Crippen LogP contribution < -0.4 is 5.32 Å². The van der Waals surface area contributed by atoms with Gasteiger partial charge >= 0.3 is 0 Å². The molecule has 5 nitrogen and oxygen atoms in total. The van der Waals surface area contributed by atoms with Crippen molar-refractivity contribution in [2.45, 2.75) is 19.8 Å². The highest BCUT2D eigenvalue weighted by Gasteiger charge is 2.06. The quantitative estimate of drug-likeness (QED) is 0.701. The van der Waals surface area contributed by atoms with Crippen molar-refractivity contribution >= 4 is 27.4 Å². The van der Waals surface area contributed by atoms with Gasteiger partial charge in [0.25, 0.3) is 0 Å². The van der Waals surface area contributed by atoms with E-state index in [1.165, 1.54) is 0 Å². The fourth-order valence-corrected chi connectivity index (χ4v) is 2.79. The topological polar surface area (TPSA) is 66.5 Å². The Kier molecular flexibility index (Phi) is 3.41. The van der Waals surface area contributed by atoms with Crippen LogP contribution in [0.15, 0.2) is 23.8 Å². The summed E-state index contributed by atoms with van der Waals surface area (Å²) in [4.78, 5) is 16.2. The second kappa shape index (κ2) is 5.36. The lowest BCUT2D eigenvalue weighted by Crippen LogP contribution is -2.06. The van der Waals surface area contributed by atoms with Crippen molar-refractivity contribution in [3.05, 3.63) is 35.5 Å². The molecule has 0 fully saturated rings. The van der Waals surface area contributed by atoms with E-state index in [0.717, 1.165) is 47.1 Å². The van der Waals surface area contributed by atoms with E-state index in [0.29, 0.717) is 0 Å². The third-order valence-electron chi connectivity index (χ3n) is 2.85. The number of imidazole rings is 1. The van der Waals surface area contributed by atoms with Crippen molar-refractivity contribution < 1.29 is 0 Å². The molecule has 0 aliphatic carbocycles. The summed E-state index contributed by atoms with van der Waals surface area (Å²) in [6.45, 7) is 2.80. The van der Waals surface area contributed by atoms with Crippen LogP contribution in [-0.2, 0) is 6.42 Å². The summed E-state index contributed by atoms with van der Waals surface area (Å²) in [5, 5.41) is 5.44. The average molecular weight is 273 g/mol. The first-order valence-electron chi connectivity index (χ1n) is 6.27. The Bertz CT molecular complexity index is 659. The van der Waals surface area contributed by atoms with Gasteiger partial charge in [-0.3, -0.25) is 0 Å². The molecule has 0 saturated carbocycles. The van der Waals surface area contributed by atoms with E-state index in [1.54, 1.807) is 17.5 Å². The molecular formula is C13H15N5S. The van der Waals surface area contributed by atoms with Gasteiger partial charge in [-0.05, 0) is 24.8 Å². The summed E-state index contributed by atoms with van der Waals surface area (Å²) >= 11 is 1.67. The molecule has 19 heavy (non-hydrogen) atoms. The summed E-state index contributed by atoms with van der Waals surface area (Å²) in [7, 11) is 0. The molecule has 3 aromatic rings. The van der Waals surface area contributed by atoms with Gasteiger partial charge in [0, 0.05) is 25.4 Å². The van der Waals surface area contributed by atoms with E-state index in [1.807, 2.05) is 24.6 Å². The Morgan fingerprint density at radius 2 is 2.32 bits per heavy atom. The van der Waals surface area contributed by atoms with Crippen LogP contribution in [0.3, 0.4) is 0 Å². The Hall–Kier alpha value is -1.95. The zero-order valence-corrected chi connectivity index (χ0v) is 11.5. The Morgan fingerprint density at radius 1 is 1.37 bits per heavy atom. The molecule has 0 aromatic carbocycles. The number of anilines is 1. The second-order valence-corrected chi connectivity index (χ2v) is 5.24. The van der Waals surface area contributed by atoms with E-state index in [4.69, 9.17) is 0 Å². The largest absolute Gasteiger partial charge is 0.369 e. The van der Waals surface area contributed by atoms with Gasteiger partial charge in [0.1, 0.15) is 17.5 Å². The fraction of sp³-hybridized carbons (Fsp3) is 0.308. The molecule has 0 aliphatic rings. The predicted molar refractivity (Wildman–Crippen MR) is 77.6 cm³/mol. The molecule has 3 aromatic heterocycles. The lowest BCUT2D eigenvalue weighted by Gasteiger charge is -2.06. The van der Waals surface area contributed by atoms with Gasteiger partial charge in [0.05, 0.1) is 10.2 Å². The molecule has 98 valence electrons. The molecule has 0 spiro atoms. The third-order valence-corrected chi connectivity index (χ3v) is 3.76. The molecule has 0 aliphatic heterocycles. The first-order chi connectivity index (χ1) is 9.33. The lowest BCUT2D eigenvalue weighted by atomic mass is 10.3. The minimum atomic E-state index is 0.805. The Morgan fingerprint density at radius 3 is 3.16 bits per heavy atom. The smallest absolute Gasteiger partial charge is 0.147 e. The van der Waals surface area contributed by atoms with Crippen LogP contribution in [-0.4, -0.2) is 26.5 Å². The molecule has 2 N–H and O–H groups in total. The zero-order valence-electron chi connectivity index (χ0n) is 10.7. The zero-order chi connectivity index (χ0) is 13.1. The van der Waals surface area contributed by atoms with Gasteiger partial charge in [-0.15, -0.1) is 11.3 Å². The molecule has 0 radical (unpaired) electrons.